The van der Waals surface area contributed by atoms with Crippen LogP contribution in [0.1, 0.15) is 41.8 Å². The summed E-state index contributed by atoms with van der Waals surface area (Å²) in [5, 5.41) is 13.4. The number of nitrogens with one attached hydrogen (secondary N) is 1. The Kier molecular flexibility index (Phi) is 5.80. The molecule has 5 nitrogen and oxygen atoms in total. The Labute approximate surface area is 160 Å². The minimum absolute atomic E-state index is 0.216. The number of hydrogen-bond donors (Lipinski definition) is 2. The van der Waals surface area contributed by atoms with E-state index in [1.807, 2.05) is 25.1 Å². The smallest absolute Gasteiger partial charge is 0.256 e. The van der Waals surface area contributed by atoms with Crippen LogP contribution in [0.3, 0.4) is 0 Å². The molecule has 0 spiro atoms. The van der Waals surface area contributed by atoms with E-state index in [1.54, 1.807) is 18.2 Å². The number of benzene rings is 2. The van der Waals surface area contributed by atoms with E-state index in [9.17, 15) is 9.90 Å². The second-order valence-electron chi connectivity index (χ2n) is 5.82. The third-order valence-corrected chi connectivity index (χ3v) is 4.94. The number of ether oxygens (including phenoxy) is 2. The predicted molar refractivity (Wildman–Crippen MR) is 104 cm³/mol. The molecule has 1 aliphatic heterocycles. The van der Waals surface area contributed by atoms with Crippen LogP contribution in [0.2, 0.25) is 0 Å². The first kappa shape index (κ1) is 18.0. The Morgan fingerprint density at radius 3 is 2.60 bits per heavy atom. The van der Waals surface area contributed by atoms with Crippen molar-refractivity contribution in [2.24, 2.45) is 0 Å². The largest absolute Gasteiger partial charge is 0.486 e. The van der Waals surface area contributed by atoms with Gasteiger partial charge >= 0.3 is 0 Å². The van der Waals surface area contributed by atoms with Gasteiger partial charge in [-0.1, -0.05) is 25.5 Å². The normalized spacial score (nSPS) is 14.0. The van der Waals surface area contributed by atoms with Gasteiger partial charge in [0.1, 0.15) is 13.2 Å². The number of aliphatic hydroxyl groups excluding tert-OH is 1. The SMILES string of the molecule is CCC[C@H](O)c1cc2c(cc1NC(=O)c1ccccc1I)OCCO2. The van der Waals surface area contributed by atoms with Crippen LogP contribution >= 0.6 is 22.6 Å². The van der Waals surface area contributed by atoms with Gasteiger partial charge in [-0.25, -0.2) is 0 Å². The Hall–Kier alpha value is -1.80. The molecule has 0 aliphatic carbocycles. The molecule has 1 atom stereocenters. The number of amides is 1. The van der Waals surface area contributed by atoms with Crippen LogP contribution in [-0.2, 0) is 0 Å². The number of halogens is 1. The molecule has 1 aliphatic rings. The second kappa shape index (κ2) is 8.05. The summed E-state index contributed by atoms with van der Waals surface area (Å²) in [6.07, 6.45) is 0.760. The van der Waals surface area contributed by atoms with E-state index in [2.05, 4.69) is 27.9 Å². The van der Waals surface area contributed by atoms with Gasteiger partial charge in [0, 0.05) is 15.2 Å². The summed E-state index contributed by atoms with van der Waals surface area (Å²) < 4.78 is 12.1. The van der Waals surface area contributed by atoms with Crippen LogP contribution in [0.15, 0.2) is 36.4 Å². The predicted octanol–water partition coefficient (Wildman–Crippen LogP) is 4.15. The second-order valence-corrected chi connectivity index (χ2v) is 6.98. The summed E-state index contributed by atoms with van der Waals surface area (Å²) >= 11 is 2.13. The molecule has 0 fully saturated rings. The van der Waals surface area contributed by atoms with Crippen LogP contribution in [0, 0.1) is 3.57 Å². The first-order valence-electron chi connectivity index (χ1n) is 8.27. The van der Waals surface area contributed by atoms with Crippen molar-refractivity contribution >= 4 is 34.2 Å². The van der Waals surface area contributed by atoms with E-state index < -0.39 is 6.10 Å². The molecule has 2 aromatic rings. The van der Waals surface area contributed by atoms with Gasteiger partial charge < -0.3 is 19.9 Å². The summed E-state index contributed by atoms with van der Waals surface area (Å²) in [7, 11) is 0. The number of anilines is 1. The lowest BCUT2D eigenvalue weighted by Gasteiger charge is -2.23. The molecule has 0 saturated heterocycles. The van der Waals surface area contributed by atoms with E-state index in [0.717, 1.165) is 9.99 Å². The van der Waals surface area contributed by atoms with Crippen molar-refractivity contribution in [3.05, 3.63) is 51.1 Å². The van der Waals surface area contributed by atoms with Crippen molar-refractivity contribution in [3.63, 3.8) is 0 Å². The van der Waals surface area contributed by atoms with Gasteiger partial charge in [-0.05, 0) is 47.2 Å². The minimum Gasteiger partial charge on any atom is -0.486 e. The molecule has 0 saturated carbocycles. The highest BCUT2D eigenvalue weighted by atomic mass is 127. The quantitative estimate of drug-likeness (QED) is 0.668. The zero-order valence-electron chi connectivity index (χ0n) is 13.9. The van der Waals surface area contributed by atoms with Gasteiger partial charge in [-0.3, -0.25) is 4.79 Å². The van der Waals surface area contributed by atoms with E-state index >= 15 is 0 Å². The van der Waals surface area contributed by atoms with Gasteiger partial charge in [0.05, 0.1) is 17.4 Å². The number of fused-ring (bicyclic) bond motifs is 1. The monoisotopic (exact) mass is 453 g/mol. The molecule has 132 valence electrons. The van der Waals surface area contributed by atoms with Gasteiger partial charge in [0.2, 0.25) is 0 Å². The fraction of sp³-hybridized carbons (Fsp3) is 0.316. The zero-order valence-corrected chi connectivity index (χ0v) is 16.1. The molecule has 0 aromatic heterocycles. The van der Waals surface area contributed by atoms with E-state index in [0.29, 0.717) is 47.9 Å². The van der Waals surface area contributed by atoms with E-state index in [4.69, 9.17) is 9.47 Å². The molecule has 25 heavy (non-hydrogen) atoms. The van der Waals surface area contributed by atoms with Gasteiger partial charge in [-0.2, -0.15) is 0 Å². The molecular formula is C19H20INO4. The number of rotatable bonds is 5. The topological polar surface area (TPSA) is 67.8 Å². The Morgan fingerprint density at radius 2 is 1.92 bits per heavy atom. The Balaban J connectivity index is 1.95. The first-order chi connectivity index (χ1) is 12.1. The highest BCUT2D eigenvalue weighted by molar-refractivity contribution is 14.1. The molecule has 3 rings (SSSR count). The van der Waals surface area contributed by atoms with E-state index in [-0.39, 0.29) is 5.91 Å². The summed E-state index contributed by atoms with van der Waals surface area (Å²) in [4.78, 5) is 12.7. The number of aliphatic hydroxyl groups is 1. The molecule has 1 heterocycles. The van der Waals surface area contributed by atoms with Crippen LogP contribution in [-0.4, -0.2) is 24.2 Å². The average Bonchev–Trinajstić information content (AvgIpc) is 2.61. The molecular weight excluding hydrogens is 433 g/mol. The maximum Gasteiger partial charge on any atom is 0.256 e. The standard InChI is InChI=1S/C19H20INO4/c1-2-5-16(22)13-10-17-18(25-9-8-24-17)11-15(13)21-19(23)12-6-3-4-7-14(12)20/h3-4,6-7,10-11,16,22H,2,5,8-9H2,1H3,(H,21,23)/t16-/m0/s1. The molecule has 0 bridgehead atoms. The van der Waals surface area contributed by atoms with E-state index in [1.165, 1.54) is 0 Å². The summed E-state index contributed by atoms with van der Waals surface area (Å²) in [6, 6.07) is 10.9. The Bertz CT molecular complexity index is 778. The van der Waals surface area contributed by atoms with Gasteiger partial charge in [0.25, 0.3) is 5.91 Å². The first-order valence-corrected chi connectivity index (χ1v) is 9.35. The third kappa shape index (κ3) is 4.07. The van der Waals surface area contributed by atoms with Gasteiger partial charge in [0.15, 0.2) is 11.5 Å². The fourth-order valence-electron chi connectivity index (χ4n) is 2.75. The van der Waals surface area contributed by atoms with Crippen LogP contribution < -0.4 is 14.8 Å². The molecule has 0 unspecified atom stereocenters. The number of carbonyl (C=O) groups is 1. The molecule has 1 amide bonds. The Morgan fingerprint density at radius 1 is 1.24 bits per heavy atom. The third-order valence-electron chi connectivity index (χ3n) is 4.00. The number of carbonyl (C=O) groups excluding carboxylic acids is 1. The lowest BCUT2D eigenvalue weighted by molar-refractivity contribution is 0.102. The molecule has 6 heteroatoms. The zero-order chi connectivity index (χ0) is 17.8. The van der Waals surface area contributed by atoms with Crippen molar-refractivity contribution < 1.29 is 19.4 Å². The van der Waals surface area contributed by atoms with Gasteiger partial charge in [-0.15, -0.1) is 0 Å². The summed E-state index contributed by atoms with van der Waals surface area (Å²) in [5.74, 6) is 0.965. The molecule has 0 radical (unpaired) electrons. The van der Waals surface area contributed by atoms with Crippen LogP contribution in [0.4, 0.5) is 5.69 Å². The van der Waals surface area contributed by atoms with Crippen molar-refractivity contribution in [1.82, 2.24) is 0 Å². The minimum atomic E-state index is -0.675. The van der Waals surface area contributed by atoms with Crippen molar-refractivity contribution in [2.75, 3.05) is 18.5 Å². The lowest BCUT2D eigenvalue weighted by Crippen LogP contribution is -2.19. The summed E-state index contributed by atoms with van der Waals surface area (Å²) in [6.45, 7) is 2.95. The number of hydrogen-bond acceptors (Lipinski definition) is 4. The average molecular weight is 453 g/mol. The fourth-order valence-corrected chi connectivity index (χ4v) is 3.38. The van der Waals surface area contributed by atoms with Crippen molar-refractivity contribution in [1.29, 1.82) is 0 Å². The summed E-state index contributed by atoms with van der Waals surface area (Å²) in [5.41, 5.74) is 1.79. The molecule has 2 aromatic carbocycles. The van der Waals surface area contributed by atoms with Crippen LogP contribution in [0.25, 0.3) is 0 Å². The lowest BCUT2D eigenvalue weighted by atomic mass is 10.0. The van der Waals surface area contributed by atoms with Crippen molar-refractivity contribution in [3.8, 4) is 11.5 Å². The van der Waals surface area contributed by atoms with Crippen LogP contribution in [0.5, 0.6) is 11.5 Å². The highest BCUT2D eigenvalue weighted by Gasteiger charge is 2.21. The highest BCUT2D eigenvalue weighted by Crippen LogP contribution is 2.39. The molecule has 2 N–H and O–H groups in total. The maximum absolute atomic E-state index is 12.7. The maximum atomic E-state index is 12.7. The van der Waals surface area contributed by atoms with Crippen molar-refractivity contribution in [2.45, 2.75) is 25.9 Å².